The number of para-hydroxylation sites is 1. The molecule has 0 amide bonds. The Kier molecular flexibility index (Phi) is 5.45. The Morgan fingerprint density at radius 2 is 1.13 bits per heavy atom. The molecule has 1 heterocycles. The third-order valence-corrected chi connectivity index (χ3v) is 6.92. The Bertz CT molecular complexity index is 1860. The van der Waals surface area contributed by atoms with Crippen LogP contribution >= 0.6 is 0 Å². The van der Waals surface area contributed by atoms with Crippen molar-refractivity contribution in [2.75, 3.05) is 4.90 Å². The van der Waals surface area contributed by atoms with Crippen LogP contribution < -0.4 is 4.90 Å². The second-order valence-corrected chi connectivity index (χ2v) is 9.26. The molecule has 0 aliphatic rings. The predicted molar refractivity (Wildman–Crippen MR) is 157 cm³/mol. The number of benzene rings is 6. The summed E-state index contributed by atoms with van der Waals surface area (Å²) in [7, 11) is 0. The fraction of sp³-hybridized carbons (Fsp3) is 0. The largest absolute Gasteiger partial charge is 0.422 e. The van der Waals surface area contributed by atoms with Crippen molar-refractivity contribution in [1.82, 2.24) is 4.98 Å². The molecule has 0 saturated heterocycles. The molecule has 0 aliphatic carbocycles. The number of hydrogen-bond acceptors (Lipinski definition) is 3. The molecule has 3 nitrogen and oxygen atoms in total. The molecule has 6 aromatic carbocycles. The van der Waals surface area contributed by atoms with E-state index in [0.717, 1.165) is 49.9 Å². The van der Waals surface area contributed by atoms with E-state index in [9.17, 15) is 0 Å². The molecule has 0 saturated carbocycles. The molecule has 0 N–H and O–H groups in total. The molecule has 180 valence electrons. The molecule has 1 aromatic heterocycles. The van der Waals surface area contributed by atoms with Gasteiger partial charge in [0, 0.05) is 10.9 Å². The summed E-state index contributed by atoms with van der Waals surface area (Å²) in [5.41, 5.74) is 8.19. The SMILES string of the molecule is c1ccc(-c2ccc(N(c3nc4ccc5ccccc5c4o3)c3ccccc3-c3ccccc3)cc2)cc1. The van der Waals surface area contributed by atoms with Gasteiger partial charge in [-0.3, -0.25) is 4.90 Å². The lowest BCUT2D eigenvalue weighted by atomic mass is 10.0. The van der Waals surface area contributed by atoms with E-state index in [2.05, 4.69) is 120 Å². The highest BCUT2D eigenvalue weighted by Crippen LogP contribution is 2.42. The molecule has 38 heavy (non-hydrogen) atoms. The zero-order valence-electron chi connectivity index (χ0n) is 20.7. The first-order chi connectivity index (χ1) is 18.8. The smallest absolute Gasteiger partial charge is 0.307 e. The Morgan fingerprint density at radius 1 is 0.500 bits per heavy atom. The highest BCUT2D eigenvalue weighted by Gasteiger charge is 2.22. The van der Waals surface area contributed by atoms with Crippen molar-refractivity contribution in [2.24, 2.45) is 0 Å². The van der Waals surface area contributed by atoms with Gasteiger partial charge in [0.2, 0.25) is 0 Å². The van der Waals surface area contributed by atoms with Gasteiger partial charge in [0.1, 0.15) is 5.52 Å². The average Bonchev–Trinajstić information content (AvgIpc) is 3.43. The lowest BCUT2D eigenvalue weighted by Gasteiger charge is -2.24. The van der Waals surface area contributed by atoms with E-state index in [1.807, 2.05) is 30.3 Å². The summed E-state index contributed by atoms with van der Waals surface area (Å²) in [6.07, 6.45) is 0. The van der Waals surface area contributed by atoms with Gasteiger partial charge in [-0.25, -0.2) is 0 Å². The number of anilines is 3. The van der Waals surface area contributed by atoms with Crippen LogP contribution in [0, 0.1) is 0 Å². The zero-order chi connectivity index (χ0) is 25.3. The molecule has 7 rings (SSSR count). The molecular formula is C35H24N2O. The van der Waals surface area contributed by atoms with Crippen molar-refractivity contribution in [3.63, 3.8) is 0 Å². The fourth-order valence-corrected chi connectivity index (χ4v) is 5.06. The van der Waals surface area contributed by atoms with Crippen molar-refractivity contribution < 1.29 is 4.42 Å². The number of rotatable bonds is 5. The third-order valence-electron chi connectivity index (χ3n) is 6.92. The third kappa shape index (κ3) is 3.91. The molecular weight excluding hydrogens is 464 g/mol. The molecule has 0 fully saturated rings. The molecule has 0 atom stereocenters. The van der Waals surface area contributed by atoms with Crippen molar-refractivity contribution >= 4 is 39.3 Å². The van der Waals surface area contributed by atoms with E-state index in [-0.39, 0.29) is 0 Å². The van der Waals surface area contributed by atoms with Crippen LogP contribution in [0.3, 0.4) is 0 Å². The summed E-state index contributed by atoms with van der Waals surface area (Å²) < 4.78 is 6.57. The number of hydrogen-bond donors (Lipinski definition) is 0. The normalized spacial score (nSPS) is 11.2. The number of fused-ring (bicyclic) bond motifs is 3. The molecule has 0 radical (unpaired) electrons. The van der Waals surface area contributed by atoms with Crippen LogP contribution in [0.4, 0.5) is 17.4 Å². The Hall–Kier alpha value is -5.15. The maximum Gasteiger partial charge on any atom is 0.307 e. The summed E-state index contributed by atoms with van der Waals surface area (Å²) in [5.74, 6) is 0. The van der Waals surface area contributed by atoms with Crippen LogP contribution in [-0.2, 0) is 0 Å². The average molecular weight is 489 g/mol. The first kappa shape index (κ1) is 22.1. The van der Waals surface area contributed by atoms with Crippen LogP contribution in [0.1, 0.15) is 0 Å². The van der Waals surface area contributed by atoms with Gasteiger partial charge in [-0.15, -0.1) is 0 Å². The summed E-state index contributed by atoms with van der Waals surface area (Å²) in [4.78, 5) is 7.11. The van der Waals surface area contributed by atoms with Crippen LogP contribution in [0.5, 0.6) is 0 Å². The second-order valence-electron chi connectivity index (χ2n) is 9.26. The van der Waals surface area contributed by atoms with Gasteiger partial charge in [-0.2, -0.15) is 4.98 Å². The van der Waals surface area contributed by atoms with Crippen LogP contribution in [0.25, 0.3) is 44.1 Å². The lowest BCUT2D eigenvalue weighted by Crippen LogP contribution is -2.11. The molecule has 0 aliphatic heterocycles. The van der Waals surface area contributed by atoms with E-state index in [1.54, 1.807) is 0 Å². The maximum absolute atomic E-state index is 6.57. The minimum Gasteiger partial charge on any atom is -0.422 e. The monoisotopic (exact) mass is 488 g/mol. The van der Waals surface area contributed by atoms with Crippen LogP contribution in [0.2, 0.25) is 0 Å². The van der Waals surface area contributed by atoms with Crippen molar-refractivity contribution in [3.05, 3.63) is 146 Å². The Labute approximate surface area is 221 Å². The van der Waals surface area contributed by atoms with E-state index >= 15 is 0 Å². The summed E-state index contributed by atoms with van der Waals surface area (Å²) >= 11 is 0. The second kappa shape index (κ2) is 9.38. The minimum atomic E-state index is 0.534. The Balaban J connectivity index is 1.43. The van der Waals surface area contributed by atoms with Crippen molar-refractivity contribution in [1.29, 1.82) is 0 Å². The number of nitrogens with zero attached hydrogens (tertiary/aromatic N) is 2. The van der Waals surface area contributed by atoms with Gasteiger partial charge >= 0.3 is 6.01 Å². The Morgan fingerprint density at radius 3 is 1.92 bits per heavy atom. The highest BCUT2D eigenvalue weighted by molar-refractivity contribution is 6.03. The van der Waals surface area contributed by atoms with Gasteiger partial charge in [0.05, 0.1) is 11.4 Å². The van der Waals surface area contributed by atoms with Gasteiger partial charge in [0.15, 0.2) is 5.58 Å². The standard InChI is InChI=1S/C35H24N2O/c1-3-11-25(12-4-1)26-19-22-29(23-20-26)37(33-18-10-9-16-30(33)27-13-5-2-6-14-27)35-36-32-24-21-28-15-7-8-17-31(28)34(32)38-35/h1-24H. The maximum atomic E-state index is 6.57. The van der Waals surface area contributed by atoms with Crippen LogP contribution in [-0.4, -0.2) is 4.98 Å². The molecule has 3 heteroatoms. The van der Waals surface area contributed by atoms with Gasteiger partial charge < -0.3 is 4.42 Å². The van der Waals surface area contributed by atoms with E-state index in [0.29, 0.717) is 6.01 Å². The molecule has 0 unspecified atom stereocenters. The van der Waals surface area contributed by atoms with Gasteiger partial charge in [-0.1, -0.05) is 121 Å². The molecule has 7 aromatic rings. The number of oxazole rings is 1. The van der Waals surface area contributed by atoms with E-state index in [4.69, 9.17) is 9.40 Å². The van der Waals surface area contributed by atoms with E-state index in [1.165, 1.54) is 5.56 Å². The topological polar surface area (TPSA) is 29.3 Å². The van der Waals surface area contributed by atoms with Gasteiger partial charge in [0.25, 0.3) is 0 Å². The molecule has 0 bridgehead atoms. The molecule has 0 spiro atoms. The predicted octanol–water partition coefficient (Wildman–Crippen LogP) is 9.78. The van der Waals surface area contributed by atoms with Crippen molar-refractivity contribution in [3.8, 4) is 22.3 Å². The van der Waals surface area contributed by atoms with Crippen LogP contribution in [0.15, 0.2) is 150 Å². The minimum absolute atomic E-state index is 0.534. The summed E-state index contributed by atoms with van der Waals surface area (Å²) in [5, 5.41) is 2.19. The first-order valence-corrected chi connectivity index (χ1v) is 12.7. The summed E-state index contributed by atoms with van der Waals surface area (Å²) in [6.45, 7) is 0. The number of aromatic nitrogens is 1. The van der Waals surface area contributed by atoms with Crippen molar-refractivity contribution in [2.45, 2.75) is 0 Å². The summed E-state index contributed by atoms with van der Waals surface area (Å²) in [6, 6.07) is 50.8. The van der Waals surface area contributed by atoms with Gasteiger partial charge in [-0.05, 0) is 46.3 Å². The zero-order valence-corrected chi connectivity index (χ0v) is 20.7. The fourth-order valence-electron chi connectivity index (χ4n) is 5.06. The van der Waals surface area contributed by atoms with E-state index < -0.39 is 0 Å². The highest BCUT2D eigenvalue weighted by atomic mass is 16.4. The quantitative estimate of drug-likeness (QED) is 0.241. The first-order valence-electron chi connectivity index (χ1n) is 12.7. The lowest BCUT2D eigenvalue weighted by molar-refractivity contribution is 0.611.